The Morgan fingerprint density at radius 2 is 0.899 bits per heavy atom. The first-order valence-corrected chi connectivity index (χ1v) is 20.2. The van der Waals surface area contributed by atoms with Crippen molar-refractivity contribution in [3.8, 4) is 0 Å². The van der Waals surface area contributed by atoms with Crippen LogP contribution >= 0.6 is 0 Å². The molecule has 0 aromatic carbocycles. The smallest absolute Gasteiger partial charge is 0.303 e. The summed E-state index contributed by atoms with van der Waals surface area (Å²) in [4.78, 5) is 78.3. The summed E-state index contributed by atoms with van der Waals surface area (Å²) in [5.74, 6) is -5.01. The minimum atomic E-state index is -2.44. The molecule has 1 N–H and O–H groups in total. The van der Waals surface area contributed by atoms with Crippen LogP contribution in [0.2, 0.25) is 0 Å². The lowest BCUT2D eigenvalue weighted by molar-refractivity contribution is -0.304. The van der Waals surface area contributed by atoms with E-state index in [4.69, 9.17) is 63.2 Å². The van der Waals surface area contributed by atoms with Gasteiger partial charge in [-0.15, -0.1) is 0 Å². The lowest BCUT2D eigenvalue weighted by Crippen LogP contribution is -2.64. The third-order valence-electron chi connectivity index (χ3n) is 10.3. The topological polar surface area (TPSA) is 500 Å². The Hall–Kier alpha value is -7.14. The maximum atomic E-state index is 16.4. The van der Waals surface area contributed by atoms with Crippen molar-refractivity contribution >= 4 is 29.8 Å². The minimum Gasteiger partial charge on any atom is -0.459 e. The third kappa shape index (κ3) is 14.0. The molecule has 19 unspecified atom stereocenters. The zero-order valence-electron chi connectivity index (χ0n) is 36.7. The maximum Gasteiger partial charge on any atom is 0.303 e. The predicted molar refractivity (Wildman–Crippen MR) is 215 cm³/mol. The van der Waals surface area contributed by atoms with Gasteiger partial charge in [-0.05, 0) is 39.6 Å². The summed E-state index contributed by atoms with van der Waals surface area (Å²) < 4.78 is 79.9. The Morgan fingerprint density at radius 1 is 0.493 bits per heavy atom. The van der Waals surface area contributed by atoms with E-state index >= 15 is 4.39 Å². The van der Waals surface area contributed by atoms with Crippen molar-refractivity contribution in [3.05, 3.63) is 62.7 Å². The van der Waals surface area contributed by atoms with E-state index in [0.717, 1.165) is 34.6 Å². The number of aliphatic hydroxyl groups excluding tert-OH is 1. The predicted octanol–water partition coefficient (Wildman–Crippen LogP) is 3.05. The second-order valence-electron chi connectivity index (χ2n) is 14.9. The Bertz CT molecular complexity index is 2200. The van der Waals surface area contributed by atoms with Gasteiger partial charge in [0.2, 0.25) is 0 Å². The maximum absolute atomic E-state index is 16.4. The fourth-order valence-corrected chi connectivity index (χ4v) is 7.93. The highest BCUT2D eigenvalue weighted by atomic mass is 19.1. The molecule has 35 nitrogen and oxygen atoms in total. The van der Waals surface area contributed by atoms with Crippen molar-refractivity contribution < 1.29 is 85.6 Å². The van der Waals surface area contributed by atoms with E-state index < -0.39 is 172 Å². The molecule has 4 aliphatic rings. The molecular weight excluding hydrogens is 939 g/mol. The van der Waals surface area contributed by atoms with Crippen molar-refractivity contribution in [3.63, 3.8) is 0 Å². The van der Waals surface area contributed by atoms with Crippen LogP contribution in [-0.4, -0.2) is 171 Å². The minimum absolute atomic E-state index is 0.495. The summed E-state index contributed by atoms with van der Waals surface area (Å²) in [7, 11) is 0. The van der Waals surface area contributed by atoms with Gasteiger partial charge in [0.25, 0.3) is 0 Å². The normalized spacial score (nSPS) is 35.7. The van der Waals surface area contributed by atoms with Crippen LogP contribution in [0.3, 0.4) is 0 Å². The van der Waals surface area contributed by atoms with Gasteiger partial charge in [0.05, 0.1) is 37.9 Å². The van der Waals surface area contributed by atoms with E-state index in [1.807, 2.05) is 0 Å². The SMILES string of the molecule is CC(=O)OC1C(CN=[N+]=[N-])OC(OC2C(N=[N+]=[N-])CC(N=[N+]=[N-])C(OC(C)=O)C2OC2OC(CO)C(OC3OC(CN=[N+]=[N-])C(OC(C)=O)C(OC(C)=O)C3N=[N+]=[N-])C2OC(C)=O)C(N=[N+]=[N-])C1F. The van der Waals surface area contributed by atoms with Gasteiger partial charge in [0.1, 0.15) is 48.7 Å². The Balaban J connectivity index is 1.87. The summed E-state index contributed by atoms with van der Waals surface area (Å²) in [6.45, 7) is 2.47. The standard InChI is InChI=1S/C33H43FN18O17/c1-10(54)59-23-15(43-49-37)6-16(44-50-38)24(67-31-21(45-51-39)20(34)25(60-11(2)55)17(64-31)7-41-47-35)29(23)69-33-30(63-14(5)58)27(19(9-53)66-33)68-32-22(46-52-40)28(62-13(4)57)26(61-12(3)56)18(65-32)8-42-48-36/h15-33,53H,6-9H2,1-5H3. The Labute approximate surface area is 385 Å². The van der Waals surface area contributed by atoms with Gasteiger partial charge in [-0.3, -0.25) is 24.0 Å². The van der Waals surface area contributed by atoms with Crippen LogP contribution < -0.4 is 0 Å². The number of halogens is 1. The molecule has 0 bridgehead atoms. The van der Waals surface area contributed by atoms with E-state index in [9.17, 15) is 51.2 Å². The molecule has 36 heteroatoms. The lowest BCUT2D eigenvalue weighted by atomic mass is 9.83. The van der Waals surface area contributed by atoms with E-state index in [0.29, 0.717) is 0 Å². The first-order valence-electron chi connectivity index (χ1n) is 20.2. The lowest BCUT2D eigenvalue weighted by Gasteiger charge is -2.47. The molecule has 3 heterocycles. The average Bonchev–Trinajstić information content (AvgIpc) is 3.59. The molecule has 1 saturated carbocycles. The molecule has 0 amide bonds. The van der Waals surface area contributed by atoms with Crippen LogP contribution in [0.4, 0.5) is 4.39 Å². The molecule has 19 atom stereocenters. The molecular formula is C33H43FN18O17. The van der Waals surface area contributed by atoms with Crippen molar-refractivity contribution in [2.75, 3.05) is 19.7 Å². The average molecular weight is 983 g/mol. The fourth-order valence-electron chi connectivity index (χ4n) is 7.93. The first kappa shape index (κ1) is 54.5. The number of esters is 5. The van der Waals surface area contributed by atoms with Gasteiger partial charge < -0.3 is 57.2 Å². The summed E-state index contributed by atoms with van der Waals surface area (Å²) in [5.41, 5.74) is 56.5. The van der Waals surface area contributed by atoms with Crippen molar-refractivity contribution in [1.82, 2.24) is 0 Å². The molecule has 1 aliphatic carbocycles. The van der Waals surface area contributed by atoms with E-state index in [-0.39, 0.29) is 0 Å². The monoisotopic (exact) mass is 982 g/mol. The number of carbonyl (C=O) groups is 5. The van der Waals surface area contributed by atoms with Crippen molar-refractivity contribution in [2.24, 2.45) is 30.7 Å². The summed E-state index contributed by atoms with van der Waals surface area (Å²) >= 11 is 0. The number of ether oxygens (including phenoxy) is 11. The molecule has 4 fully saturated rings. The Morgan fingerprint density at radius 3 is 1.41 bits per heavy atom. The van der Waals surface area contributed by atoms with Crippen LogP contribution in [0.15, 0.2) is 30.7 Å². The van der Waals surface area contributed by atoms with Gasteiger partial charge in [-0.25, -0.2) is 4.39 Å². The van der Waals surface area contributed by atoms with Crippen LogP contribution in [0.25, 0.3) is 62.7 Å². The highest BCUT2D eigenvalue weighted by molar-refractivity contribution is 5.68. The summed E-state index contributed by atoms with van der Waals surface area (Å²) in [6, 6.07) is -6.85. The molecule has 69 heavy (non-hydrogen) atoms. The van der Waals surface area contributed by atoms with Crippen LogP contribution in [0.1, 0.15) is 41.0 Å². The second-order valence-corrected chi connectivity index (χ2v) is 14.9. The number of alkyl halides is 1. The fraction of sp³-hybridized carbons (Fsp3) is 0.848. The molecule has 0 aromatic rings. The number of carbonyl (C=O) groups excluding carboxylic acids is 5. The second kappa shape index (κ2) is 25.8. The first-order chi connectivity index (χ1) is 33.0. The van der Waals surface area contributed by atoms with Crippen molar-refractivity contribution in [2.45, 2.75) is 157 Å². The number of hydrogen-bond donors (Lipinski definition) is 1. The summed E-state index contributed by atoms with van der Waals surface area (Å²) in [6.07, 6.45) is -28.1. The van der Waals surface area contributed by atoms with Crippen LogP contribution in [0.5, 0.6) is 0 Å². The third-order valence-corrected chi connectivity index (χ3v) is 10.3. The van der Waals surface area contributed by atoms with Gasteiger partial charge >= 0.3 is 29.8 Å². The Kier molecular flexibility index (Phi) is 20.4. The van der Waals surface area contributed by atoms with Gasteiger partial charge in [0.15, 0.2) is 49.5 Å². The number of rotatable bonds is 20. The molecule has 0 radical (unpaired) electrons. The molecule has 0 spiro atoms. The van der Waals surface area contributed by atoms with Crippen LogP contribution in [-0.2, 0) is 76.1 Å². The summed E-state index contributed by atoms with van der Waals surface area (Å²) in [5, 5.41) is 31.9. The number of azide groups is 6. The van der Waals surface area contributed by atoms with Gasteiger partial charge in [-0.1, -0.05) is 30.7 Å². The molecule has 374 valence electrons. The van der Waals surface area contributed by atoms with E-state index in [1.165, 1.54) is 0 Å². The van der Waals surface area contributed by atoms with Crippen molar-refractivity contribution in [1.29, 1.82) is 0 Å². The highest BCUT2D eigenvalue weighted by Gasteiger charge is 2.59. The number of hydrogen-bond acceptors (Lipinski definition) is 23. The highest BCUT2D eigenvalue weighted by Crippen LogP contribution is 2.40. The van der Waals surface area contributed by atoms with Gasteiger partial charge in [-0.2, -0.15) is 0 Å². The number of nitrogens with zero attached hydrogens (tertiary/aromatic N) is 18. The van der Waals surface area contributed by atoms with Crippen LogP contribution in [0, 0.1) is 0 Å². The van der Waals surface area contributed by atoms with E-state index in [2.05, 4.69) is 60.2 Å². The van der Waals surface area contributed by atoms with Gasteiger partial charge in [0, 0.05) is 64.1 Å². The quantitative estimate of drug-likeness (QED) is 0.0602. The molecule has 4 rings (SSSR count). The molecule has 0 aromatic heterocycles. The molecule has 3 saturated heterocycles. The number of aliphatic hydroxyl groups is 1. The zero-order chi connectivity index (χ0) is 50.9. The largest absolute Gasteiger partial charge is 0.459 e. The zero-order valence-corrected chi connectivity index (χ0v) is 36.7. The molecule has 3 aliphatic heterocycles. The van der Waals surface area contributed by atoms with E-state index in [1.54, 1.807) is 0 Å².